The summed E-state index contributed by atoms with van der Waals surface area (Å²) in [6, 6.07) is 9.19. The van der Waals surface area contributed by atoms with Crippen molar-refractivity contribution in [2.24, 2.45) is 27.7 Å². The van der Waals surface area contributed by atoms with Gasteiger partial charge in [-0.2, -0.15) is 0 Å². The van der Waals surface area contributed by atoms with Crippen LogP contribution in [-0.4, -0.2) is 56.1 Å². The normalized spacial score (nSPS) is 19.7. The van der Waals surface area contributed by atoms with Gasteiger partial charge in [-0.15, -0.1) is 0 Å². The summed E-state index contributed by atoms with van der Waals surface area (Å²) in [5.41, 5.74) is 4.16. The number of amidine groups is 1. The minimum absolute atomic E-state index is 0.142. The third-order valence-electron chi connectivity index (χ3n) is 7.65. The highest BCUT2D eigenvalue weighted by molar-refractivity contribution is 5.85. The van der Waals surface area contributed by atoms with E-state index in [0.717, 1.165) is 69.9 Å². The molecule has 5 nitrogen and oxygen atoms in total. The van der Waals surface area contributed by atoms with Crippen LogP contribution in [0.15, 0.2) is 40.3 Å². The molecule has 3 rings (SSSR count). The van der Waals surface area contributed by atoms with Crippen LogP contribution in [0, 0.1) is 17.8 Å². The Kier molecular flexibility index (Phi) is 11.7. The molecule has 2 aliphatic rings. The quantitative estimate of drug-likeness (QED) is 0.228. The van der Waals surface area contributed by atoms with Crippen LogP contribution in [0.25, 0.3) is 5.57 Å². The molecule has 1 aliphatic carbocycles. The summed E-state index contributed by atoms with van der Waals surface area (Å²) in [4.78, 5) is 23.8. The van der Waals surface area contributed by atoms with Crippen molar-refractivity contribution in [3.63, 3.8) is 0 Å². The summed E-state index contributed by atoms with van der Waals surface area (Å²) < 4.78 is 0. The zero-order valence-electron chi connectivity index (χ0n) is 23.1. The number of aliphatic imine (C=N–C) groups is 2. The van der Waals surface area contributed by atoms with Gasteiger partial charge in [0.15, 0.2) is 0 Å². The van der Waals surface area contributed by atoms with Gasteiger partial charge in [0.25, 0.3) is 0 Å². The van der Waals surface area contributed by atoms with Gasteiger partial charge in [-0.3, -0.25) is 14.8 Å². The first-order valence-corrected chi connectivity index (χ1v) is 14.3. The van der Waals surface area contributed by atoms with Gasteiger partial charge in [0.2, 0.25) is 5.91 Å². The van der Waals surface area contributed by atoms with Gasteiger partial charge in [-0.25, -0.2) is 0 Å². The van der Waals surface area contributed by atoms with Crippen LogP contribution in [0.2, 0.25) is 0 Å². The molecular weight excluding hydrogens is 444 g/mol. The number of unbranched alkanes of at least 4 members (excludes halogenated alkanes) is 1. The number of rotatable bonds is 11. The van der Waals surface area contributed by atoms with Crippen LogP contribution in [0.5, 0.6) is 0 Å². The molecule has 1 saturated heterocycles. The summed E-state index contributed by atoms with van der Waals surface area (Å²) in [6.07, 6.45) is 14.2. The molecule has 0 saturated carbocycles. The zero-order valence-corrected chi connectivity index (χ0v) is 23.1. The monoisotopic (exact) mass is 492 g/mol. The number of nitrogens with zero attached hydrogens (tertiary/aromatic N) is 3. The predicted molar refractivity (Wildman–Crippen MR) is 154 cm³/mol. The second kappa shape index (κ2) is 15.0. The molecule has 1 fully saturated rings. The lowest BCUT2D eigenvalue weighted by Gasteiger charge is -2.34. The van der Waals surface area contributed by atoms with E-state index in [9.17, 15) is 4.79 Å². The summed E-state index contributed by atoms with van der Waals surface area (Å²) in [6.45, 7) is 10.2. The van der Waals surface area contributed by atoms with Crippen molar-refractivity contribution >= 4 is 23.5 Å². The van der Waals surface area contributed by atoms with E-state index in [2.05, 4.69) is 71.3 Å². The first-order chi connectivity index (χ1) is 17.5. The Labute approximate surface area is 219 Å². The number of carbonyl (C=O) groups is 1. The molecule has 1 unspecified atom stereocenters. The Bertz CT molecular complexity index is 892. The molecule has 0 bridgehead atoms. The van der Waals surface area contributed by atoms with Crippen LogP contribution in [0.4, 0.5) is 0 Å². The fourth-order valence-corrected chi connectivity index (χ4v) is 5.26. The zero-order chi connectivity index (χ0) is 25.8. The van der Waals surface area contributed by atoms with Crippen LogP contribution in [0.1, 0.15) is 83.3 Å². The number of amides is 1. The number of piperidine rings is 1. The minimum atomic E-state index is 0.142. The smallest absolute Gasteiger partial charge is 0.223 e. The maximum atomic E-state index is 12.3. The predicted octanol–water partition coefficient (Wildman–Crippen LogP) is 6.19. The minimum Gasteiger partial charge on any atom is -0.359 e. The molecule has 1 atom stereocenters. The molecule has 0 spiro atoms. The number of allylic oxidation sites excluding steroid dienone is 2. The van der Waals surface area contributed by atoms with E-state index < -0.39 is 0 Å². The third kappa shape index (κ3) is 8.90. The van der Waals surface area contributed by atoms with Gasteiger partial charge in [-0.05, 0) is 79.9 Å². The topological polar surface area (TPSA) is 57.1 Å². The van der Waals surface area contributed by atoms with Crippen molar-refractivity contribution in [2.45, 2.75) is 78.6 Å². The molecule has 1 aromatic carbocycles. The lowest BCUT2D eigenvalue weighted by atomic mass is 9.85. The van der Waals surface area contributed by atoms with Gasteiger partial charge in [0.1, 0.15) is 5.84 Å². The molecule has 1 heterocycles. The lowest BCUT2D eigenvalue weighted by molar-refractivity contribution is -0.125. The average Bonchev–Trinajstić information content (AvgIpc) is 2.91. The number of benzene rings is 1. The number of nitrogens with one attached hydrogen (secondary N) is 1. The number of hydrogen-bond acceptors (Lipinski definition) is 3. The molecule has 1 amide bonds. The number of carbonyl (C=O) groups excluding carboxylic acids is 1. The van der Waals surface area contributed by atoms with E-state index in [1.54, 1.807) is 0 Å². The number of hydrogen-bond donors (Lipinski definition) is 1. The van der Waals surface area contributed by atoms with Gasteiger partial charge in [-0.1, -0.05) is 57.5 Å². The Morgan fingerprint density at radius 1 is 1.17 bits per heavy atom. The summed E-state index contributed by atoms with van der Waals surface area (Å²) >= 11 is 0. The molecule has 5 heteroatoms. The summed E-state index contributed by atoms with van der Waals surface area (Å²) in [5, 5.41) is 3.10. The summed E-state index contributed by atoms with van der Waals surface area (Å²) in [5.74, 6) is 2.78. The second-order valence-electron chi connectivity index (χ2n) is 10.9. The van der Waals surface area contributed by atoms with Crippen molar-refractivity contribution in [1.82, 2.24) is 10.2 Å². The number of likely N-dealkylation sites (tertiary alicyclic amines) is 1. The summed E-state index contributed by atoms with van der Waals surface area (Å²) in [7, 11) is 1.89. The molecule has 0 aromatic heterocycles. The van der Waals surface area contributed by atoms with Gasteiger partial charge in [0.05, 0.1) is 6.54 Å². The largest absolute Gasteiger partial charge is 0.359 e. The molecular formula is C31H48N4O. The van der Waals surface area contributed by atoms with E-state index in [1.807, 2.05) is 13.3 Å². The van der Waals surface area contributed by atoms with E-state index in [-0.39, 0.29) is 11.8 Å². The fraction of sp³-hybridized carbons (Fsp3) is 0.645. The first kappa shape index (κ1) is 28.1. The van der Waals surface area contributed by atoms with Gasteiger partial charge >= 0.3 is 0 Å². The SMILES string of the molecule is CCCCNC(=O)C1CC=C(c2ccc(CCC3CCN(/C(C/N=C/C(C)C)=N/C)CC3)cc2)CC1. The molecule has 0 radical (unpaired) electrons. The van der Waals surface area contributed by atoms with E-state index in [4.69, 9.17) is 0 Å². The van der Waals surface area contributed by atoms with E-state index in [1.165, 1.54) is 36.0 Å². The highest BCUT2D eigenvalue weighted by atomic mass is 16.1. The lowest BCUT2D eigenvalue weighted by Crippen LogP contribution is -2.40. The molecule has 36 heavy (non-hydrogen) atoms. The Morgan fingerprint density at radius 2 is 1.92 bits per heavy atom. The van der Waals surface area contributed by atoms with Crippen LogP contribution in [-0.2, 0) is 11.2 Å². The van der Waals surface area contributed by atoms with Crippen LogP contribution < -0.4 is 5.32 Å². The van der Waals surface area contributed by atoms with Crippen molar-refractivity contribution in [3.05, 3.63) is 41.5 Å². The van der Waals surface area contributed by atoms with Crippen molar-refractivity contribution in [1.29, 1.82) is 0 Å². The third-order valence-corrected chi connectivity index (χ3v) is 7.65. The standard InChI is InChI=1S/C31H48N4O/c1-5-6-19-34-31(36)29-15-13-28(14-16-29)27-11-9-25(10-12-27)7-8-26-17-20-35(21-18-26)30(32-4)23-33-22-24(2)3/h9-13,22,24,26,29H,5-8,14-21,23H2,1-4H3,(H,34,36)/b32-30+,33-22+. The Hall–Kier alpha value is -2.43. The van der Waals surface area contributed by atoms with Crippen molar-refractivity contribution in [3.8, 4) is 0 Å². The van der Waals surface area contributed by atoms with Crippen LogP contribution >= 0.6 is 0 Å². The molecule has 198 valence electrons. The maximum absolute atomic E-state index is 12.3. The molecule has 1 aliphatic heterocycles. The fourth-order valence-electron chi connectivity index (χ4n) is 5.26. The second-order valence-corrected chi connectivity index (χ2v) is 10.9. The Morgan fingerprint density at radius 3 is 2.53 bits per heavy atom. The van der Waals surface area contributed by atoms with Gasteiger partial charge < -0.3 is 10.2 Å². The van der Waals surface area contributed by atoms with Crippen molar-refractivity contribution in [2.75, 3.05) is 33.2 Å². The molecule has 1 N–H and O–H groups in total. The number of aryl methyl sites for hydroxylation is 1. The first-order valence-electron chi connectivity index (χ1n) is 14.3. The highest BCUT2D eigenvalue weighted by Crippen LogP contribution is 2.31. The van der Waals surface area contributed by atoms with Gasteiger partial charge in [0, 0.05) is 38.8 Å². The maximum Gasteiger partial charge on any atom is 0.223 e. The molecule has 1 aromatic rings. The average molecular weight is 493 g/mol. The van der Waals surface area contributed by atoms with E-state index >= 15 is 0 Å². The Balaban J connectivity index is 1.40. The van der Waals surface area contributed by atoms with E-state index in [0.29, 0.717) is 12.5 Å². The van der Waals surface area contributed by atoms with Crippen molar-refractivity contribution < 1.29 is 4.79 Å². The van der Waals surface area contributed by atoms with Crippen LogP contribution in [0.3, 0.4) is 0 Å². The highest BCUT2D eigenvalue weighted by Gasteiger charge is 2.22.